The van der Waals surface area contributed by atoms with Crippen molar-refractivity contribution in [2.45, 2.75) is 25.6 Å². The second-order valence-electron chi connectivity index (χ2n) is 7.18. The number of aromatic nitrogens is 1. The van der Waals surface area contributed by atoms with Gasteiger partial charge in [0.1, 0.15) is 5.82 Å². The van der Waals surface area contributed by atoms with Crippen molar-refractivity contribution in [1.82, 2.24) is 15.2 Å². The van der Waals surface area contributed by atoms with E-state index in [-0.39, 0.29) is 36.6 Å². The maximum absolute atomic E-state index is 12.5. The smallest absolute Gasteiger partial charge is 0.368 e. The number of amides is 2. The molecule has 1 fully saturated rings. The average Bonchev–Trinajstić information content (AvgIpc) is 3.12. The van der Waals surface area contributed by atoms with Crippen LogP contribution in [0.5, 0.6) is 0 Å². The lowest BCUT2D eigenvalue weighted by molar-refractivity contribution is -0.137. The fraction of sp³-hybridized carbons (Fsp3) is 0.381. The second kappa shape index (κ2) is 9.15. The van der Waals surface area contributed by atoms with E-state index in [9.17, 15) is 22.8 Å². The van der Waals surface area contributed by atoms with Crippen molar-refractivity contribution in [2.75, 3.05) is 25.0 Å². The molecule has 2 atom stereocenters. The Balaban J connectivity index is 1.44. The van der Waals surface area contributed by atoms with E-state index in [1.807, 2.05) is 37.3 Å². The molecule has 30 heavy (non-hydrogen) atoms. The number of likely N-dealkylation sites (tertiary alicyclic amines) is 1. The van der Waals surface area contributed by atoms with Crippen LogP contribution in [0.15, 0.2) is 48.7 Å². The number of halogens is 3. The number of anilines is 1. The summed E-state index contributed by atoms with van der Waals surface area (Å²) in [6.07, 6.45) is -3.51. The number of hydrogen-bond acceptors (Lipinski definition) is 4. The van der Waals surface area contributed by atoms with Gasteiger partial charge in [-0.2, -0.15) is 13.2 Å². The highest BCUT2D eigenvalue weighted by atomic mass is 19.4. The maximum Gasteiger partial charge on any atom is 0.417 e. The topological polar surface area (TPSA) is 74.3 Å². The first kappa shape index (κ1) is 21.6. The normalized spacial score (nSPS) is 17.7. The van der Waals surface area contributed by atoms with Gasteiger partial charge >= 0.3 is 6.18 Å². The quantitative estimate of drug-likeness (QED) is 0.675. The Morgan fingerprint density at radius 1 is 1.20 bits per heavy atom. The predicted octanol–water partition coefficient (Wildman–Crippen LogP) is 3.24. The first-order valence-electron chi connectivity index (χ1n) is 9.65. The molecule has 6 nitrogen and oxygen atoms in total. The van der Waals surface area contributed by atoms with Crippen molar-refractivity contribution in [1.29, 1.82) is 0 Å². The molecule has 0 bridgehead atoms. The average molecular weight is 420 g/mol. The molecule has 2 N–H and O–H groups in total. The monoisotopic (exact) mass is 420 g/mol. The zero-order chi connectivity index (χ0) is 21.7. The first-order chi connectivity index (χ1) is 14.3. The molecule has 2 aromatic rings. The van der Waals surface area contributed by atoms with Crippen molar-refractivity contribution >= 4 is 17.6 Å². The molecule has 0 saturated carbocycles. The Morgan fingerprint density at radius 3 is 2.57 bits per heavy atom. The third kappa shape index (κ3) is 5.28. The van der Waals surface area contributed by atoms with Gasteiger partial charge in [0.2, 0.25) is 11.8 Å². The van der Waals surface area contributed by atoms with Gasteiger partial charge in [0.15, 0.2) is 0 Å². The molecule has 0 spiro atoms. The van der Waals surface area contributed by atoms with Crippen LogP contribution in [0.4, 0.5) is 19.0 Å². The summed E-state index contributed by atoms with van der Waals surface area (Å²) in [6, 6.07) is 11.7. The van der Waals surface area contributed by atoms with Gasteiger partial charge in [0, 0.05) is 32.3 Å². The van der Waals surface area contributed by atoms with Gasteiger partial charge in [-0.25, -0.2) is 4.98 Å². The number of pyridine rings is 1. The molecule has 1 aliphatic rings. The van der Waals surface area contributed by atoms with Gasteiger partial charge in [-0.3, -0.25) is 9.59 Å². The van der Waals surface area contributed by atoms with E-state index in [1.165, 1.54) is 6.07 Å². The number of carbonyl (C=O) groups excluding carboxylic acids is 2. The van der Waals surface area contributed by atoms with Crippen LogP contribution in [0.2, 0.25) is 0 Å². The highest BCUT2D eigenvalue weighted by Gasteiger charge is 2.36. The molecule has 3 rings (SSSR count). The van der Waals surface area contributed by atoms with Gasteiger partial charge in [0.05, 0.1) is 17.5 Å². The zero-order valence-corrected chi connectivity index (χ0v) is 16.4. The highest BCUT2D eigenvalue weighted by Crippen LogP contribution is 2.29. The van der Waals surface area contributed by atoms with Crippen LogP contribution in [0, 0.1) is 5.92 Å². The Hall–Kier alpha value is -3.10. The van der Waals surface area contributed by atoms with E-state index in [2.05, 4.69) is 15.6 Å². The van der Waals surface area contributed by atoms with E-state index in [0.29, 0.717) is 13.1 Å². The largest absolute Gasteiger partial charge is 0.417 e. The summed E-state index contributed by atoms with van der Waals surface area (Å²) >= 11 is 0. The SMILES string of the molecule is CC(c1ccccc1)N1CC(C(=O)NCCNc2ccc(C(F)(F)F)cn2)CC1=O. The summed E-state index contributed by atoms with van der Waals surface area (Å²) in [6.45, 7) is 2.86. The third-order valence-electron chi connectivity index (χ3n) is 5.10. The van der Waals surface area contributed by atoms with Crippen LogP contribution in [-0.2, 0) is 15.8 Å². The number of carbonyl (C=O) groups is 2. The lowest BCUT2D eigenvalue weighted by Gasteiger charge is -2.25. The number of alkyl halides is 3. The second-order valence-corrected chi connectivity index (χ2v) is 7.18. The van der Waals surface area contributed by atoms with Crippen molar-refractivity contribution < 1.29 is 22.8 Å². The summed E-state index contributed by atoms with van der Waals surface area (Å²) in [7, 11) is 0. The predicted molar refractivity (Wildman–Crippen MR) is 105 cm³/mol. The van der Waals surface area contributed by atoms with Crippen molar-refractivity contribution in [3.05, 3.63) is 59.8 Å². The highest BCUT2D eigenvalue weighted by molar-refractivity contribution is 5.89. The Morgan fingerprint density at radius 2 is 1.93 bits per heavy atom. The van der Waals surface area contributed by atoms with Crippen LogP contribution < -0.4 is 10.6 Å². The van der Waals surface area contributed by atoms with E-state index in [0.717, 1.165) is 17.8 Å². The van der Waals surface area contributed by atoms with E-state index in [4.69, 9.17) is 0 Å². The maximum atomic E-state index is 12.5. The van der Waals surface area contributed by atoms with Crippen LogP contribution in [0.1, 0.15) is 30.5 Å². The zero-order valence-electron chi connectivity index (χ0n) is 16.4. The number of hydrogen-bond donors (Lipinski definition) is 2. The van der Waals surface area contributed by atoms with Gasteiger partial charge in [-0.15, -0.1) is 0 Å². The van der Waals surface area contributed by atoms with Gasteiger partial charge < -0.3 is 15.5 Å². The molecule has 2 heterocycles. The van der Waals surface area contributed by atoms with E-state index >= 15 is 0 Å². The fourth-order valence-corrected chi connectivity index (χ4v) is 3.38. The fourth-order valence-electron chi connectivity index (χ4n) is 3.38. The molecule has 0 radical (unpaired) electrons. The molecular weight excluding hydrogens is 397 g/mol. The molecular formula is C21H23F3N4O2. The molecule has 9 heteroatoms. The molecule has 2 unspecified atom stereocenters. The summed E-state index contributed by atoms with van der Waals surface area (Å²) < 4.78 is 37.6. The summed E-state index contributed by atoms with van der Waals surface area (Å²) in [5, 5.41) is 5.62. The van der Waals surface area contributed by atoms with Gasteiger partial charge in [0.25, 0.3) is 0 Å². The van der Waals surface area contributed by atoms with Crippen LogP contribution in [0.3, 0.4) is 0 Å². The first-order valence-corrected chi connectivity index (χ1v) is 9.65. The molecule has 2 amide bonds. The van der Waals surface area contributed by atoms with E-state index in [1.54, 1.807) is 4.90 Å². The lowest BCUT2D eigenvalue weighted by atomic mass is 10.1. The van der Waals surface area contributed by atoms with Crippen LogP contribution in [-0.4, -0.2) is 41.3 Å². The third-order valence-corrected chi connectivity index (χ3v) is 5.10. The summed E-state index contributed by atoms with van der Waals surface area (Å²) in [5.41, 5.74) is 0.196. The molecule has 160 valence electrons. The molecule has 1 aromatic heterocycles. The lowest BCUT2D eigenvalue weighted by Crippen LogP contribution is -2.36. The Kier molecular flexibility index (Phi) is 6.59. The van der Waals surface area contributed by atoms with Crippen molar-refractivity contribution in [3.8, 4) is 0 Å². The van der Waals surface area contributed by atoms with Gasteiger partial charge in [-0.1, -0.05) is 30.3 Å². The van der Waals surface area contributed by atoms with Crippen molar-refractivity contribution in [3.63, 3.8) is 0 Å². The Labute approximate surface area is 172 Å². The minimum absolute atomic E-state index is 0.0569. The molecule has 0 aliphatic carbocycles. The van der Waals surface area contributed by atoms with Crippen molar-refractivity contribution in [2.24, 2.45) is 5.92 Å². The standard InChI is InChI=1S/C21H23F3N4O2/c1-14(15-5-3-2-4-6-15)28-13-16(11-19(28)29)20(30)26-10-9-25-18-8-7-17(12-27-18)21(22,23)24/h2-8,12,14,16H,9-11,13H2,1H3,(H,25,27)(H,26,30). The minimum Gasteiger partial charge on any atom is -0.368 e. The molecule has 1 aliphatic heterocycles. The Bertz CT molecular complexity index is 872. The van der Waals surface area contributed by atoms with Crippen LogP contribution >= 0.6 is 0 Å². The summed E-state index contributed by atoms with van der Waals surface area (Å²) in [5.74, 6) is -0.407. The minimum atomic E-state index is -4.43. The number of benzene rings is 1. The molecule has 1 aromatic carbocycles. The number of nitrogens with zero attached hydrogens (tertiary/aromatic N) is 2. The summed E-state index contributed by atoms with van der Waals surface area (Å²) in [4.78, 5) is 30.2. The number of rotatable bonds is 7. The van der Waals surface area contributed by atoms with Crippen LogP contribution in [0.25, 0.3) is 0 Å². The van der Waals surface area contributed by atoms with Gasteiger partial charge in [-0.05, 0) is 24.6 Å². The van der Waals surface area contributed by atoms with E-state index < -0.39 is 17.7 Å². The molecule has 1 saturated heterocycles. The number of nitrogens with one attached hydrogen (secondary N) is 2.